The van der Waals surface area contributed by atoms with Crippen molar-refractivity contribution < 1.29 is 19.1 Å². The second-order valence-electron chi connectivity index (χ2n) is 6.22. The number of nitrogens with zero attached hydrogens (tertiary/aromatic N) is 1. The Kier molecular flexibility index (Phi) is 6.06. The first-order chi connectivity index (χ1) is 11.5. The van der Waals surface area contributed by atoms with Crippen molar-refractivity contribution in [2.75, 3.05) is 20.8 Å². The maximum atomic E-state index is 12.6. The van der Waals surface area contributed by atoms with Gasteiger partial charge in [0.2, 0.25) is 11.8 Å². The number of primary amides is 1. The van der Waals surface area contributed by atoms with Crippen molar-refractivity contribution in [3.8, 4) is 11.5 Å². The van der Waals surface area contributed by atoms with Gasteiger partial charge in [0.25, 0.3) is 0 Å². The van der Waals surface area contributed by atoms with E-state index in [0.717, 1.165) is 18.4 Å². The molecule has 2 N–H and O–H groups in total. The van der Waals surface area contributed by atoms with Crippen LogP contribution >= 0.6 is 0 Å². The highest BCUT2D eigenvalue weighted by molar-refractivity contribution is 5.80. The summed E-state index contributed by atoms with van der Waals surface area (Å²) >= 11 is 0. The molecule has 6 heteroatoms. The molecule has 2 atom stereocenters. The van der Waals surface area contributed by atoms with Gasteiger partial charge in [0.1, 0.15) is 0 Å². The molecular weight excluding hydrogens is 308 g/mol. The smallest absolute Gasteiger partial charge is 0.223 e. The summed E-state index contributed by atoms with van der Waals surface area (Å²) in [6, 6.07) is 5.78. The van der Waals surface area contributed by atoms with E-state index in [0.29, 0.717) is 30.9 Å². The van der Waals surface area contributed by atoms with Gasteiger partial charge < -0.3 is 20.1 Å². The molecule has 0 bridgehead atoms. The van der Waals surface area contributed by atoms with Crippen LogP contribution in [-0.2, 0) is 16.0 Å². The van der Waals surface area contributed by atoms with E-state index < -0.39 is 0 Å². The van der Waals surface area contributed by atoms with E-state index in [9.17, 15) is 9.59 Å². The summed E-state index contributed by atoms with van der Waals surface area (Å²) < 4.78 is 10.7. The van der Waals surface area contributed by atoms with Crippen LogP contribution in [-0.4, -0.2) is 43.5 Å². The number of carbonyl (C=O) groups is 2. The van der Waals surface area contributed by atoms with Crippen LogP contribution in [0.5, 0.6) is 11.5 Å². The minimum atomic E-state index is -0.325. The van der Waals surface area contributed by atoms with Crippen molar-refractivity contribution in [2.24, 2.45) is 11.7 Å². The van der Waals surface area contributed by atoms with Crippen LogP contribution in [0.2, 0.25) is 0 Å². The van der Waals surface area contributed by atoms with Gasteiger partial charge in [0.15, 0.2) is 11.5 Å². The molecular formula is C18H26N2O4. The van der Waals surface area contributed by atoms with E-state index >= 15 is 0 Å². The lowest BCUT2D eigenvalue weighted by atomic mass is 9.92. The Hall–Kier alpha value is -2.24. The van der Waals surface area contributed by atoms with E-state index in [4.69, 9.17) is 15.2 Å². The van der Waals surface area contributed by atoms with Crippen LogP contribution in [0.15, 0.2) is 18.2 Å². The molecule has 0 radical (unpaired) electrons. The molecule has 24 heavy (non-hydrogen) atoms. The number of nitrogens with two attached hydrogens (primary N) is 1. The van der Waals surface area contributed by atoms with Crippen LogP contribution in [0.4, 0.5) is 0 Å². The molecule has 1 aromatic rings. The van der Waals surface area contributed by atoms with Crippen LogP contribution in [0.1, 0.15) is 31.7 Å². The molecule has 0 aliphatic carbocycles. The average Bonchev–Trinajstić information content (AvgIpc) is 2.59. The van der Waals surface area contributed by atoms with Crippen LogP contribution in [0.3, 0.4) is 0 Å². The van der Waals surface area contributed by atoms with Crippen molar-refractivity contribution >= 4 is 11.8 Å². The highest BCUT2D eigenvalue weighted by atomic mass is 16.5. The topological polar surface area (TPSA) is 81.9 Å². The van der Waals surface area contributed by atoms with Gasteiger partial charge in [-0.15, -0.1) is 0 Å². The maximum absolute atomic E-state index is 12.6. The average molecular weight is 334 g/mol. The number of para-hydroxylation sites is 1. The van der Waals surface area contributed by atoms with E-state index in [1.807, 2.05) is 25.1 Å². The molecule has 1 fully saturated rings. The van der Waals surface area contributed by atoms with Crippen LogP contribution < -0.4 is 15.2 Å². The first-order valence-electron chi connectivity index (χ1n) is 8.26. The van der Waals surface area contributed by atoms with Gasteiger partial charge in [-0.2, -0.15) is 0 Å². The fourth-order valence-electron chi connectivity index (χ4n) is 3.22. The summed E-state index contributed by atoms with van der Waals surface area (Å²) in [7, 11) is 3.18. The first kappa shape index (κ1) is 18.1. The Morgan fingerprint density at radius 2 is 2.00 bits per heavy atom. The SMILES string of the molecule is COc1cccc(CCC(=O)N2CC(C(N)=O)CCC2C)c1OC. The van der Waals surface area contributed by atoms with Crippen molar-refractivity contribution in [2.45, 2.75) is 38.6 Å². The zero-order valence-corrected chi connectivity index (χ0v) is 14.6. The summed E-state index contributed by atoms with van der Waals surface area (Å²) in [6.07, 6.45) is 2.48. The molecule has 132 valence electrons. The molecule has 2 rings (SSSR count). The second-order valence-corrected chi connectivity index (χ2v) is 6.22. The lowest BCUT2D eigenvalue weighted by Gasteiger charge is -2.37. The highest BCUT2D eigenvalue weighted by Gasteiger charge is 2.31. The highest BCUT2D eigenvalue weighted by Crippen LogP contribution is 2.32. The number of amides is 2. The molecule has 6 nitrogen and oxygen atoms in total. The Bertz CT molecular complexity index is 603. The van der Waals surface area contributed by atoms with Gasteiger partial charge in [0, 0.05) is 19.0 Å². The molecule has 2 amide bonds. The standard InChI is InChI=1S/C18H26N2O4/c1-12-7-8-14(18(19)22)11-20(12)16(21)10-9-13-5-4-6-15(23-2)17(13)24-3/h4-6,12,14H,7-11H2,1-3H3,(H2,19,22). The molecule has 1 aliphatic heterocycles. The van der Waals surface area contributed by atoms with E-state index in [1.165, 1.54) is 0 Å². The summed E-state index contributed by atoms with van der Waals surface area (Å²) in [4.78, 5) is 25.8. The zero-order valence-electron chi connectivity index (χ0n) is 14.6. The summed E-state index contributed by atoms with van der Waals surface area (Å²) in [5.41, 5.74) is 6.33. The predicted octanol–water partition coefficient (Wildman–Crippen LogP) is 1.75. The molecule has 0 spiro atoms. The first-order valence-corrected chi connectivity index (χ1v) is 8.26. The quantitative estimate of drug-likeness (QED) is 0.859. The van der Waals surface area contributed by atoms with Gasteiger partial charge in [-0.3, -0.25) is 9.59 Å². The number of carbonyl (C=O) groups excluding carboxylic acids is 2. The van der Waals surface area contributed by atoms with Gasteiger partial charge in [-0.25, -0.2) is 0 Å². The third-order valence-corrected chi connectivity index (χ3v) is 4.70. The minimum absolute atomic E-state index is 0.0401. The van der Waals surface area contributed by atoms with E-state index in [-0.39, 0.29) is 23.8 Å². The minimum Gasteiger partial charge on any atom is -0.493 e. The van der Waals surface area contributed by atoms with Gasteiger partial charge >= 0.3 is 0 Å². The second kappa shape index (κ2) is 8.04. The Morgan fingerprint density at radius 1 is 1.25 bits per heavy atom. The number of rotatable bonds is 6. The molecule has 1 heterocycles. The number of benzene rings is 1. The van der Waals surface area contributed by atoms with Crippen LogP contribution in [0.25, 0.3) is 0 Å². The van der Waals surface area contributed by atoms with Gasteiger partial charge in [-0.1, -0.05) is 12.1 Å². The van der Waals surface area contributed by atoms with E-state index in [2.05, 4.69) is 0 Å². The van der Waals surface area contributed by atoms with Crippen molar-refractivity contribution in [3.63, 3.8) is 0 Å². The Balaban J connectivity index is 2.03. The van der Waals surface area contributed by atoms with Crippen molar-refractivity contribution in [3.05, 3.63) is 23.8 Å². The number of aryl methyl sites for hydroxylation is 1. The molecule has 0 saturated carbocycles. The largest absolute Gasteiger partial charge is 0.493 e. The number of piperidine rings is 1. The molecule has 1 aliphatic rings. The number of hydrogen-bond donors (Lipinski definition) is 1. The van der Waals surface area contributed by atoms with Crippen molar-refractivity contribution in [1.82, 2.24) is 4.90 Å². The fraction of sp³-hybridized carbons (Fsp3) is 0.556. The number of methoxy groups -OCH3 is 2. The van der Waals surface area contributed by atoms with Crippen LogP contribution in [0, 0.1) is 5.92 Å². The third kappa shape index (κ3) is 3.99. The lowest BCUT2D eigenvalue weighted by Crippen LogP contribution is -2.48. The van der Waals surface area contributed by atoms with E-state index in [1.54, 1.807) is 19.1 Å². The summed E-state index contributed by atoms with van der Waals surface area (Å²) in [6.45, 7) is 2.44. The molecule has 1 saturated heterocycles. The summed E-state index contributed by atoms with van der Waals surface area (Å²) in [5.74, 6) is 0.793. The lowest BCUT2D eigenvalue weighted by molar-refractivity contribution is -0.137. The van der Waals surface area contributed by atoms with Gasteiger partial charge in [0.05, 0.1) is 20.1 Å². The number of ether oxygens (including phenoxy) is 2. The monoisotopic (exact) mass is 334 g/mol. The number of likely N-dealkylation sites (tertiary alicyclic amines) is 1. The predicted molar refractivity (Wildman–Crippen MR) is 91.0 cm³/mol. The zero-order chi connectivity index (χ0) is 17.7. The molecule has 0 aromatic heterocycles. The third-order valence-electron chi connectivity index (χ3n) is 4.70. The Morgan fingerprint density at radius 3 is 2.62 bits per heavy atom. The fourth-order valence-corrected chi connectivity index (χ4v) is 3.22. The van der Waals surface area contributed by atoms with Crippen molar-refractivity contribution in [1.29, 1.82) is 0 Å². The Labute approximate surface area is 142 Å². The van der Waals surface area contributed by atoms with Gasteiger partial charge in [-0.05, 0) is 37.8 Å². The maximum Gasteiger partial charge on any atom is 0.223 e. The number of hydrogen-bond acceptors (Lipinski definition) is 4. The summed E-state index contributed by atoms with van der Waals surface area (Å²) in [5, 5.41) is 0. The normalized spacial score (nSPS) is 20.5. The molecule has 2 unspecified atom stereocenters. The molecule has 1 aromatic carbocycles.